The van der Waals surface area contributed by atoms with Crippen LogP contribution < -0.4 is 0 Å². The molecule has 0 N–H and O–H groups in total. The van der Waals surface area contributed by atoms with Gasteiger partial charge in [-0.2, -0.15) is 0 Å². The van der Waals surface area contributed by atoms with Crippen LogP contribution in [-0.4, -0.2) is 150 Å². The quantitative estimate of drug-likeness (QED) is 0.234. The van der Waals surface area contributed by atoms with Crippen molar-refractivity contribution in [3.8, 4) is 0 Å². The van der Waals surface area contributed by atoms with Gasteiger partial charge in [-0.1, -0.05) is 0 Å². The van der Waals surface area contributed by atoms with Gasteiger partial charge in [-0.15, -0.1) is 0 Å². The summed E-state index contributed by atoms with van der Waals surface area (Å²) in [6.45, 7) is 0. The zero-order valence-electron chi connectivity index (χ0n) is 2.83. The van der Waals surface area contributed by atoms with E-state index in [9.17, 15) is 0 Å². The number of rotatable bonds is 0. The molecular formula is H4Ba2Bi2Fe2O3. The van der Waals surface area contributed by atoms with Gasteiger partial charge in [-0.25, -0.2) is 0 Å². The van der Waals surface area contributed by atoms with Crippen molar-refractivity contribution in [3.05, 3.63) is 0 Å². The minimum absolute atomic E-state index is 0. The second kappa shape index (κ2) is 67.0. The van der Waals surface area contributed by atoms with E-state index < -0.39 is 0 Å². The molecule has 0 heterocycles. The van der Waals surface area contributed by atoms with Crippen LogP contribution >= 0.6 is 0 Å². The molecule has 3 nitrogen and oxygen atoms in total. The van der Waals surface area contributed by atoms with Crippen molar-refractivity contribution in [2.45, 2.75) is 0 Å². The van der Waals surface area contributed by atoms with E-state index >= 15 is 0 Å². The Morgan fingerprint density at radius 3 is 0.444 bits per heavy atom. The molecule has 0 saturated carbocycles. The molecule has 0 aliphatic carbocycles. The maximum absolute atomic E-state index is 0. The van der Waals surface area contributed by atoms with Gasteiger partial charge in [0.15, 0.2) is 0 Å². The SMILES string of the molecule is [BaH2].[BaH2].[Bi].[Bi].[Fe+3].[Fe+3].[O-2].[O-2].[O-2]. The molecule has 0 atom stereocenters. The van der Waals surface area contributed by atoms with Crippen LogP contribution in [0.1, 0.15) is 0 Å². The van der Waals surface area contributed by atoms with Crippen LogP contribution in [0.5, 0.6) is 0 Å². The molecule has 8 radical (unpaired) electrons. The van der Waals surface area contributed by atoms with Gasteiger partial charge < -0.3 is 16.4 Å². The summed E-state index contributed by atoms with van der Waals surface area (Å²) in [6, 6.07) is 0. The molecule has 0 aromatic heterocycles. The normalized spacial score (nSPS) is 0. The minimum Gasteiger partial charge on any atom is -2.00 e. The molecular weight excluding hydrogens is 852 g/mol. The third-order valence-electron chi connectivity index (χ3n) is 0. The Morgan fingerprint density at radius 2 is 0.444 bits per heavy atom. The van der Waals surface area contributed by atoms with Crippen LogP contribution in [0, 0.1) is 0 Å². The minimum atomic E-state index is 0. The average Bonchev–Trinajstić information content (AvgIpc) is 0. The van der Waals surface area contributed by atoms with Gasteiger partial charge in [-0.05, 0) is 0 Å². The summed E-state index contributed by atoms with van der Waals surface area (Å²) in [6.07, 6.45) is 0. The number of hydrogen-bond acceptors (Lipinski definition) is 0. The van der Waals surface area contributed by atoms with Crippen LogP contribution in [0.4, 0.5) is 0 Å². The predicted molar refractivity (Wildman–Crippen MR) is 30.7 cm³/mol. The Labute approximate surface area is 195 Å². The largest absolute Gasteiger partial charge is 3.00 e. The summed E-state index contributed by atoms with van der Waals surface area (Å²) in [5.74, 6) is 0. The first-order valence-electron chi connectivity index (χ1n) is 0. The van der Waals surface area contributed by atoms with E-state index in [-0.39, 0.29) is 201 Å². The summed E-state index contributed by atoms with van der Waals surface area (Å²) < 4.78 is 0. The van der Waals surface area contributed by atoms with Gasteiger partial charge >= 0.3 is 132 Å². The van der Waals surface area contributed by atoms with Crippen LogP contribution in [-0.2, 0) is 50.6 Å². The van der Waals surface area contributed by atoms with E-state index in [1.807, 2.05) is 0 Å². The van der Waals surface area contributed by atoms with Crippen molar-refractivity contribution in [1.82, 2.24) is 0 Å². The molecule has 0 bridgehead atoms. The third kappa shape index (κ3) is 57.0. The summed E-state index contributed by atoms with van der Waals surface area (Å²) in [5, 5.41) is 0. The molecule has 0 fully saturated rings. The van der Waals surface area contributed by atoms with Gasteiger partial charge in [0.25, 0.3) is 0 Å². The smallest absolute Gasteiger partial charge is 2.00 e. The van der Waals surface area contributed by atoms with E-state index in [0.717, 1.165) is 0 Å². The Kier molecular flexibility index (Phi) is 621. The summed E-state index contributed by atoms with van der Waals surface area (Å²) in [7, 11) is 0. The third-order valence-corrected chi connectivity index (χ3v) is 0. The topological polar surface area (TPSA) is 85.5 Å². The Balaban J connectivity index is 0. The van der Waals surface area contributed by atoms with Crippen molar-refractivity contribution in [3.63, 3.8) is 0 Å². The van der Waals surface area contributed by atoms with Crippen molar-refractivity contribution in [2.75, 3.05) is 0 Å². The Bertz CT molecular complexity index is 17.8. The van der Waals surface area contributed by atoms with Crippen molar-refractivity contribution in [2.24, 2.45) is 0 Å². The molecule has 0 aliphatic heterocycles. The zero-order chi connectivity index (χ0) is 0. The van der Waals surface area contributed by atoms with Gasteiger partial charge in [0.1, 0.15) is 0 Å². The Morgan fingerprint density at radius 1 is 0.444 bits per heavy atom. The second-order valence-electron chi connectivity index (χ2n) is 0. The second-order valence-corrected chi connectivity index (χ2v) is 0. The van der Waals surface area contributed by atoms with Gasteiger partial charge in [0.2, 0.25) is 0 Å². The first kappa shape index (κ1) is 83.5. The average molecular weight is 856 g/mol. The van der Waals surface area contributed by atoms with Crippen LogP contribution in [0.3, 0.4) is 0 Å². The summed E-state index contributed by atoms with van der Waals surface area (Å²) >= 11 is 0. The van der Waals surface area contributed by atoms with E-state index in [0.29, 0.717) is 0 Å². The van der Waals surface area contributed by atoms with E-state index in [2.05, 4.69) is 0 Å². The molecule has 0 aromatic rings. The van der Waals surface area contributed by atoms with Crippen molar-refractivity contribution in [1.29, 1.82) is 0 Å². The molecule has 52 valence electrons. The molecule has 0 aromatic carbocycles. The molecule has 0 rings (SSSR count). The molecule has 9 heteroatoms. The first-order chi connectivity index (χ1) is 0. The van der Waals surface area contributed by atoms with E-state index in [1.54, 1.807) is 0 Å². The fourth-order valence-corrected chi connectivity index (χ4v) is 0. The Hall–Kier alpha value is 5.83. The van der Waals surface area contributed by atoms with E-state index in [4.69, 9.17) is 0 Å². The zero-order valence-corrected chi connectivity index (χ0v) is 12.0. The van der Waals surface area contributed by atoms with Gasteiger partial charge in [0, 0.05) is 52.4 Å². The van der Waals surface area contributed by atoms with Crippen molar-refractivity contribution < 1.29 is 50.6 Å². The standard InChI is InChI=1S/2Ba.2Bi.2Fe.3O.4H/q;;;;2*+3;3*-2;;;;. The molecule has 0 saturated heterocycles. The molecule has 0 amide bonds. The van der Waals surface area contributed by atoms with Crippen LogP contribution in [0.2, 0.25) is 0 Å². The fourth-order valence-electron chi connectivity index (χ4n) is 0. The molecule has 0 unspecified atom stereocenters. The summed E-state index contributed by atoms with van der Waals surface area (Å²) in [5.41, 5.74) is 0. The fraction of sp³-hybridized carbons (Fsp3) is 0. The van der Waals surface area contributed by atoms with Crippen LogP contribution in [0.25, 0.3) is 0 Å². The van der Waals surface area contributed by atoms with Crippen molar-refractivity contribution >= 4 is 150 Å². The first-order valence-corrected chi connectivity index (χ1v) is 0. The maximum Gasteiger partial charge on any atom is 3.00 e. The van der Waals surface area contributed by atoms with E-state index in [1.165, 1.54) is 0 Å². The summed E-state index contributed by atoms with van der Waals surface area (Å²) in [4.78, 5) is 0. The molecule has 9 heavy (non-hydrogen) atoms. The van der Waals surface area contributed by atoms with Crippen LogP contribution in [0.15, 0.2) is 0 Å². The van der Waals surface area contributed by atoms with Gasteiger partial charge in [-0.3, -0.25) is 0 Å². The molecule has 0 aliphatic rings. The predicted octanol–water partition coefficient (Wildman–Crippen LogP) is -2.96. The van der Waals surface area contributed by atoms with Gasteiger partial charge in [0.05, 0.1) is 0 Å². The number of hydrogen-bond donors (Lipinski definition) is 0. The monoisotopic (exact) mass is 858 g/mol. The maximum atomic E-state index is 0. The molecule has 0 spiro atoms.